The Morgan fingerprint density at radius 2 is 2.18 bits per heavy atom. The highest BCUT2D eigenvalue weighted by atomic mass is 32.2. The van der Waals surface area contributed by atoms with Crippen LogP contribution >= 0.6 is 11.8 Å². The van der Waals surface area contributed by atoms with Crippen LogP contribution < -0.4 is 10.6 Å². The molecule has 0 saturated carbocycles. The zero-order valence-corrected chi connectivity index (χ0v) is 11.6. The summed E-state index contributed by atoms with van der Waals surface area (Å²) in [6, 6.07) is 0. The van der Waals surface area contributed by atoms with Crippen LogP contribution in [0.2, 0.25) is 0 Å². The first-order valence-corrected chi connectivity index (χ1v) is 7.40. The Balaban J connectivity index is 2.12. The molecule has 1 rings (SSSR count). The molecule has 17 heavy (non-hydrogen) atoms. The molecule has 0 radical (unpaired) electrons. The highest BCUT2D eigenvalue weighted by Crippen LogP contribution is 2.19. The normalized spacial score (nSPS) is 20.9. The molecule has 4 nitrogen and oxygen atoms in total. The Morgan fingerprint density at radius 1 is 1.53 bits per heavy atom. The summed E-state index contributed by atoms with van der Waals surface area (Å²) in [6.07, 6.45) is 2.93. The molecule has 1 unspecified atom stereocenters. The lowest BCUT2D eigenvalue weighted by molar-refractivity contribution is -0.119. The van der Waals surface area contributed by atoms with Crippen molar-refractivity contribution in [3.8, 4) is 0 Å². The van der Waals surface area contributed by atoms with Gasteiger partial charge in [-0.2, -0.15) is 0 Å². The van der Waals surface area contributed by atoms with Crippen LogP contribution in [0.15, 0.2) is 0 Å². The van der Waals surface area contributed by atoms with E-state index in [2.05, 4.69) is 10.6 Å². The molecule has 1 amide bonds. The van der Waals surface area contributed by atoms with E-state index in [1.807, 2.05) is 6.92 Å². The third kappa shape index (κ3) is 6.29. The third-order valence-electron chi connectivity index (χ3n) is 3.16. The fourth-order valence-corrected chi connectivity index (χ4v) is 2.68. The van der Waals surface area contributed by atoms with E-state index in [1.165, 1.54) is 0 Å². The number of amides is 1. The second kappa shape index (κ2) is 7.24. The van der Waals surface area contributed by atoms with Crippen molar-refractivity contribution in [3.05, 3.63) is 0 Å². The summed E-state index contributed by atoms with van der Waals surface area (Å²) in [5.41, 5.74) is -0.783. The Bertz CT molecular complexity index is 241. The summed E-state index contributed by atoms with van der Waals surface area (Å²) in [5, 5.41) is 16.5. The number of piperidine rings is 1. The largest absolute Gasteiger partial charge is 0.388 e. The number of carbonyl (C=O) groups is 1. The predicted octanol–water partition coefficient (Wildman–Crippen LogP) is 0.749. The quantitative estimate of drug-likeness (QED) is 0.659. The van der Waals surface area contributed by atoms with Crippen LogP contribution in [0.1, 0.15) is 33.1 Å². The predicted molar refractivity (Wildman–Crippen MR) is 72.3 cm³/mol. The number of carbonyl (C=O) groups excluding carboxylic acids is 1. The van der Waals surface area contributed by atoms with E-state index < -0.39 is 5.60 Å². The maximum atomic E-state index is 11.6. The lowest BCUT2D eigenvalue weighted by Crippen LogP contribution is -2.41. The van der Waals surface area contributed by atoms with Crippen molar-refractivity contribution in [2.45, 2.75) is 44.0 Å². The molecule has 0 bridgehead atoms. The number of hydrogen-bond acceptors (Lipinski definition) is 4. The standard InChI is InChI=1S/C12H24N2O2S/c1-3-12(2,16)9-14-11(15)8-17-10-4-6-13-7-5-10/h10,13,16H,3-9H2,1-2H3,(H,14,15). The summed E-state index contributed by atoms with van der Waals surface area (Å²) >= 11 is 1.73. The topological polar surface area (TPSA) is 61.4 Å². The van der Waals surface area contributed by atoms with E-state index in [1.54, 1.807) is 18.7 Å². The molecule has 1 atom stereocenters. The van der Waals surface area contributed by atoms with E-state index in [0.717, 1.165) is 25.9 Å². The summed E-state index contributed by atoms with van der Waals surface area (Å²) < 4.78 is 0. The molecule has 1 aliphatic heterocycles. The van der Waals surface area contributed by atoms with E-state index in [0.29, 0.717) is 24.0 Å². The minimum Gasteiger partial charge on any atom is -0.388 e. The zero-order valence-electron chi connectivity index (χ0n) is 10.8. The van der Waals surface area contributed by atoms with Crippen LogP contribution in [0.5, 0.6) is 0 Å². The molecule has 1 saturated heterocycles. The van der Waals surface area contributed by atoms with Gasteiger partial charge in [0.2, 0.25) is 5.91 Å². The van der Waals surface area contributed by atoms with Gasteiger partial charge in [-0.3, -0.25) is 4.79 Å². The molecule has 0 aliphatic carbocycles. The SMILES string of the molecule is CCC(C)(O)CNC(=O)CSC1CCNCC1. The maximum Gasteiger partial charge on any atom is 0.230 e. The first kappa shape index (κ1) is 14.8. The molecule has 1 fully saturated rings. The fraction of sp³-hybridized carbons (Fsp3) is 0.917. The van der Waals surface area contributed by atoms with Crippen molar-refractivity contribution in [1.29, 1.82) is 0 Å². The monoisotopic (exact) mass is 260 g/mol. The Kier molecular flexibility index (Phi) is 6.30. The van der Waals surface area contributed by atoms with Crippen LogP contribution in [0.25, 0.3) is 0 Å². The Morgan fingerprint density at radius 3 is 2.76 bits per heavy atom. The molecule has 100 valence electrons. The van der Waals surface area contributed by atoms with Crippen molar-refractivity contribution in [2.24, 2.45) is 0 Å². The third-order valence-corrected chi connectivity index (χ3v) is 4.54. The van der Waals surface area contributed by atoms with Crippen LogP contribution in [0.4, 0.5) is 0 Å². The van der Waals surface area contributed by atoms with Gasteiger partial charge in [0.05, 0.1) is 11.4 Å². The van der Waals surface area contributed by atoms with Gasteiger partial charge in [-0.15, -0.1) is 11.8 Å². The van der Waals surface area contributed by atoms with E-state index in [-0.39, 0.29) is 5.91 Å². The first-order chi connectivity index (χ1) is 8.03. The summed E-state index contributed by atoms with van der Waals surface area (Å²) in [4.78, 5) is 11.6. The average Bonchev–Trinajstić information content (AvgIpc) is 2.35. The van der Waals surface area contributed by atoms with Crippen LogP contribution in [-0.4, -0.2) is 47.3 Å². The lowest BCUT2D eigenvalue weighted by Gasteiger charge is -2.23. The molecule has 1 aliphatic rings. The molecule has 0 spiro atoms. The molecule has 0 aromatic heterocycles. The summed E-state index contributed by atoms with van der Waals surface area (Å²) in [5.74, 6) is 0.534. The van der Waals surface area contributed by atoms with Gasteiger partial charge in [-0.25, -0.2) is 0 Å². The van der Waals surface area contributed by atoms with Gasteiger partial charge in [0.1, 0.15) is 0 Å². The lowest BCUT2D eigenvalue weighted by atomic mass is 10.0. The van der Waals surface area contributed by atoms with Crippen molar-refractivity contribution < 1.29 is 9.90 Å². The summed E-state index contributed by atoms with van der Waals surface area (Å²) in [7, 11) is 0. The van der Waals surface area contributed by atoms with Crippen molar-refractivity contribution in [3.63, 3.8) is 0 Å². The molecule has 0 aromatic rings. The van der Waals surface area contributed by atoms with Gasteiger partial charge in [0.25, 0.3) is 0 Å². The number of nitrogens with one attached hydrogen (secondary N) is 2. The molecule has 5 heteroatoms. The second-order valence-corrected chi connectivity index (χ2v) is 6.18. The summed E-state index contributed by atoms with van der Waals surface area (Å²) in [6.45, 7) is 6.12. The van der Waals surface area contributed by atoms with Crippen molar-refractivity contribution in [2.75, 3.05) is 25.4 Å². The van der Waals surface area contributed by atoms with Crippen LogP contribution in [0, 0.1) is 0 Å². The zero-order chi connectivity index (χ0) is 12.7. The molecule has 0 aromatic carbocycles. The molecular weight excluding hydrogens is 236 g/mol. The first-order valence-electron chi connectivity index (χ1n) is 6.35. The number of rotatable bonds is 6. The van der Waals surface area contributed by atoms with Gasteiger partial charge >= 0.3 is 0 Å². The van der Waals surface area contributed by atoms with E-state index >= 15 is 0 Å². The van der Waals surface area contributed by atoms with Crippen LogP contribution in [-0.2, 0) is 4.79 Å². The molecule has 3 N–H and O–H groups in total. The Labute approximate surface area is 108 Å². The smallest absolute Gasteiger partial charge is 0.230 e. The fourth-order valence-electron chi connectivity index (χ4n) is 1.62. The van der Waals surface area contributed by atoms with Gasteiger partial charge < -0.3 is 15.7 Å². The Hall–Kier alpha value is -0.260. The highest BCUT2D eigenvalue weighted by Gasteiger charge is 2.19. The molecular formula is C12H24N2O2S. The number of aliphatic hydroxyl groups is 1. The highest BCUT2D eigenvalue weighted by molar-refractivity contribution is 8.00. The van der Waals surface area contributed by atoms with Gasteiger partial charge in [-0.1, -0.05) is 6.92 Å². The molecule has 1 heterocycles. The second-order valence-electron chi connectivity index (χ2n) is 4.89. The number of hydrogen-bond donors (Lipinski definition) is 3. The number of thioether (sulfide) groups is 1. The minimum atomic E-state index is -0.783. The van der Waals surface area contributed by atoms with Gasteiger partial charge in [-0.05, 0) is 39.3 Å². The van der Waals surface area contributed by atoms with Gasteiger partial charge in [0.15, 0.2) is 0 Å². The van der Waals surface area contributed by atoms with Crippen molar-refractivity contribution in [1.82, 2.24) is 10.6 Å². The van der Waals surface area contributed by atoms with Crippen molar-refractivity contribution >= 4 is 17.7 Å². The maximum absolute atomic E-state index is 11.6. The van der Waals surface area contributed by atoms with E-state index in [4.69, 9.17) is 0 Å². The van der Waals surface area contributed by atoms with E-state index in [9.17, 15) is 9.90 Å². The van der Waals surface area contributed by atoms with Crippen LogP contribution in [0.3, 0.4) is 0 Å². The van der Waals surface area contributed by atoms with Gasteiger partial charge in [0, 0.05) is 11.8 Å². The average molecular weight is 260 g/mol. The minimum absolute atomic E-state index is 0.0299.